The highest BCUT2D eigenvalue weighted by molar-refractivity contribution is 5.82. The third kappa shape index (κ3) is 2.88. The summed E-state index contributed by atoms with van der Waals surface area (Å²) in [4.78, 5) is 16.5. The Balaban J connectivity index is 1.28. The van der Waals surface area contributed by atoms with Crippen LogP contribution in [0, 0.1) is 0 Å². The summed E-state index contributed by atoms with van der Waals surface area (Å²) in [5, 5.41) is 9.82. The zero-order valence-corrected chi connectivity index (χ0v) is 12.9. The van der Waals surface area contributed by atoms with Gasteiger partial charge in [-0.1, -0.05) is 18.2 Å². The van der Waals surface area contributed by atoms with Crippen molar-refractivity contribution in [1.82, 2.24) is 20.5 Å². The quantitative estimate of drug-likeness (QED) is 0.745. The number of nitrogens with one attached hydrogen (secondary N) is 2. The van der Waals surface area contributed by atoms with Crippen molar-refractivity contribution in [1.29, 1.82) is 0 Å². The molecule has 1 aromatic carbocycles. The molecule has 3 heterocycles. The maximum atomic E-state index is 12.2. The number of carbonyl (C=O) groups excluding carboxylic acids is 1. The number of furan rings is 1. The molecule has 2 aromatic heterocycles. The van der Waals surface area contributed by atoms with Gasteiger partial charge in [-0.15, -0.1) is 0 Å². The molecule has 1 amide bonds. The summed E-state index contributed by atoms with van der Waals surface area (Å²) in [5.74, 6) is 2.49. The maximum Gasteiger partial charge on any atom is 0.261 e. The van der Waals surface area contributed by atoms with Gasteiger partial charge in [-0.3, -0.25) is 9.89 Å². The molecule has 1 aliphatic heterocycles. The number of aromatic nitrogens is 3. The van der Waals surface area contributed by atoms with Crippen LogP contribution in [0.4, 0.5) is 0 Å². The molecule has 1 atom stereocenters. The first kappa shape index (κ1) is 14.5. The molecule has 0 fully saturated rings. The smallest absolute Gasteiger partial charge is 0.261 e. The van der Waals surface area contributed by atoms with E-state index in [1.54, 1.807) is 18.4 Å². The van der Waals surface area contributed by atoms with Crippen LogP contribution in [0.1, 0.15) is 11.4 Å². The Morgan fingerprint density at radius 2 is 2.21 bits per heavy atom. The average Bonchev–Trinajstić information content (AvgIpc) is 3.33. The number of amides is 1. The Morgan fingerprint density at radius 3 is 3.04 bits per heavy atom. The lowest BCUT2D eigenvalue weighted by molar-refractivity contribution is -0.127. The van der Waals surface area contributed by atoms with E-state index in [-0.39, 0.29) is 5.91 Å². The third-order valence-corrected chi connectivity index (χ3v) is 3.87. The Hall–Kier alpha value is -3.09. The van der Waals surface area contributed by atoms with Gasteiger partial charge in [0.05, 0.1) is 6.26 Å². The number of aromatic amines is 1. The SMILES string of the molecule is O=C(NCCc1nc(-c2ccco2)n[nH]1)[C@@H]1Cc2ccccc2O1. The van der Waals surface area contributed by atoms with Crippen LogP contribution in [0.5, 0.6) is 5.75 Å². The molecule has 0 radical (unpaired) electrons. The van der Waals surface area contributed by atoms with Crippen molar-refractivity contribution in [2.24, 2.45) is 0 Å². The minimum absolute atomic E-state index is 0.114. The van der Waals surface area contributed by atoms with Crippen molar-refractivity contribution >= 4 is 5.91 Å². The minimum Gasteiger partial charge on any atom is -0.480 e. The summed E-state index contributed by atoms with van der Waals surface area (Å²) in [6, 6.07) is 11.3. The standard InChI is InChI=1S/C17H16N4O3/c22-17(14-10-11-4-1-2-5-12(11)24-14)18-8-7-15-19-16(21-20-15)13-6-3-9-23-13/h1-6,9,14H,7-8,10H2,(H,18,22)(H,19,20,21)/t14-/m0/s1. The highest BCUT2D eigenvalue weighted by Crippen LogP contribution is 2.28. The van der Waals surface area contributed by atoms with E-state index in [4.69, 9.17) is 9.15 Å². The first-order valence-corrected chi connectivity index (χ1v) is 7.77. The summed E-state index contributed by atoms with van der Waals surface area (Å²) in [6.45, 7) is 0.460. The Morgan fingerprint density at radius 1 is 1.29 bits per heavy atom. The fraction of sp³-hybridized carbons (Fsp3) is 0.235. The number of H-pyrrole nitrogens is 1. The number of para-hydroxylation sites is 1. The molecule has 0 aliphatic carbocycles. The molecule has 0 bridgehead atoms. The molecule has 2 N–H and O–H groups in total. The van der Waals surface area contributed by atoms with Crippen LogP contribution in [0.3, 0.4) is 0 Å². The lowest BCUT2D eigenvalue weighted by atomic mass is 10.1. The highest BCUT2D eigenvalue weighted by atomic mass is 16.5. The van der Waals surface area contributed by atoms with Crippen molar-refractivity contribution in [2.45, 2.75) is 18.9 Å². The van der Waals surface area contributed by atoms with Gasteiger partial charge in [0.25, 0.3) is 5.91 Å². The number of benzene rings is 1. The van der Waals surface area contributed by atoms with Crippen LogP contribution in [0.25, 0.3) is 11.6 Å². The second-order valence-corrected chi connectivity index (χ2v) is 5.54. The number of carbonyl (C=O) groups is 1. The number of ether oxygens (including phenoxy) is 1. The molecular weight excluding hydrogens is 308 g/mol. The molecule has 0 saturated heterocycles. The van der Waals surface area contributed by atoms with Gasteiger partial charge in [-0.05, 0) is 23.8 Å². The Kier molecular flexibility index (Phi) is 3.74. The van der Waals surface area contributed by atoms with Crippen LogP contribution in [-0.2, 0) is 17.6 Å². The van der Waals surface area contributed by atoms with Crippen molar-refractivity contribution in [3.8, 4) is 17.3 Å². The predicted molar refractivity (Wildman–Crippen MR) is 85.4 cm³/mol. The van der Waals surface area contributed by atoms with Gasteiger partial charge < -0.3 is 14.5 Å². The van der Waals surface area contributed by atoms with Crippen LogP contribution in [-0.4, -0.2) is 33.7 Å². The van der Waals surface area contributed by atoms with Gasteiger partial charge in [0.2, 0.25) is 5.82 Å². The number of hydrogen-bond donors (Lipinski definition) is 2. The maximum absolute atomic E-state index is 12.2. The second-order valence-electron chi connectivity index (χ2n) is 5.54. The van der Waals surface area contributed by atoms with E-state index >= 15 is 0 Å². The zero-order valence-electron chi connectivity index (χ0n) is 12.9. The zero-order chi connectivity index (χ0) is 16.4. The summed E-state index contributed by atoms with van der Waals surface area (Å²) in [6.07, 6.45) is 2.27. The number of fused-ring (bicyclic) bond motifs is 1. The van der Waals surface area contributed by atoms with Crippen LogP contribution in [0.15, 0.2) is 47.1 Å². The van der Waals surface area contributed by atoms with E-state index in [2.05, 4.69) is 20.5 Å². The topological polar surface area (TPSA) is 93.0 Å². The van der Waals surface area contributed by atoms with Crippen molar-refractivity contribution < 1.29 is 13.9 Å². The van der Waals surface area contributed by atoms with Gasteiger partial charge >= 0.3 is 0 Å². The summed E-state index contributed by atoms with van der Waals surface area (Å²) >= 11 is 0. The number of nitrogens with zero attached hydrogens (tertiary/aromatic N) is 2. The molecule has 3 aromatic rings. The summed E-state index contributed by atoms with van der Waals surface area (Å²) in [5.41, 5.74) is 1.07. The summed E-state index contributed by atoms with van der Waals surface area (Å²) in [7, 11) is 0. The average molecular weight is 324 g/mol. The van der Waals surface area contributed by atoms with Crippen molar-refractivity contribution in [3.05, 3.63) is 54.0 Å². The molecule has 7 nitrogen and oxygen atoms in total. The number of hydrogen-bond acceptors (Lipinski definition) is 5. The van der Waals surface area contributed by atoms with E-state index < -0.39 is 6.10 Å². The van der Waals surface area contributed by atoms with Gasteiger partial charge in [-0.25, -0.2) is 4.98 Å². The van der Waals surface area contributed by atoms with Gasteiger partial charge in [0.1, 0.15) is 11.6 Å². The first-order valence-electron chi connectivity index (χ1n) is 7.77. The molecule has 122 valence electrons. The summed E-state index contributed by atoms with van der Waals surface area (Å²) < 4.78 is 10.9. The predicted octanol–water partition coefficient (Wildman–Crippen LogP) is 1.73. The van der Waals surface area contributed by atoms with Gasteiger partial charge in [0, 0.05) is 19.4 Å². The number of rotatable bonds is 5. The van der Waals surface area contributed by atoms with E-state index in [0.29, 0.717) is 36.8 Å². The van der Waals surface area contributed by atoms with E-state index in [9.17, 15) is 4.79 Å². The third-order valence-electron chi connectivity index (χ3n) is 3.87. The molecule has 0 spiro atoms. The molecule has 0 saturated carbocycles. The Labute approximate surface area is 138 Å². The second kappa shape index (κ2) is 6.19. The minimum atomic E-state index is -0.462. The molecule has 4 rings (SSSR count). The van der Waals surface area contributed by atoms with Crippen molar-refractivity contribution in [2.75, 3.05) is 6.54 Å². The fourth-order valence-corrected chi connectivity index (χ4v) is 2.67. The monoisotopic (exact) mass is 324 g/mol. The lowest BCUT2D eigenvalue weighted by Gasteiger charge is -2.10. The van der Waals surface area contributed by atoms with Crippen LogP contribution < -0.4 is 10.1 Å². The Bertz CT molecular complexity index is 816. The normalized spacial score (nSPS) is 15.8. The van der Waals surface area contributed by atoms with Gasteiger partial charge in [0.15, 0.2) is 11.9 Å². The van der Waals surface area contributed by atoms with E-state index in [1.165, 1.54) is 0 Å². The first-order chi connectivity index (χ1) is 11.8. The highest BCUT2D eigenvalue weighted by Gasteiger charge is 2.28. The fourth-order valence-electron chi connectivity index (χ4n) is 2.67. The van der Waals surface area contributed by atoms with Crippen LogP contribution >= 0.6 is 0 Å². The lowest BCUT2D eigenvalue weighted by Crippen LogP contribution is -2.38. The van der Waals surface area contributed by atoms with E-state index in [0.717, 1.165) is 11.3 Å². The largest absolute Gasteiger partial charge is 0.480 e. The molecule has 24 heavy (non-hydrogen) atoms. The van der Waals surface area contributed by atoms with Crippen molar-refractivity contribution in [3.63, 3.8) is 0 Å². The van der Waals surface area contributed by atoms with Crippen LogP contribution in [0.2, 0.25) is 0 Å². The van der Waals surface area contributed by atoms with Gasteiger partial charge in [-0.2, -0.15) is 5.10 Å². The molecule has 0 unspecified atom stereocenters. The van der Waals surface area contributed by atoms with E-state index in [1.807, 2.05) is 24.3 Å². The molecular formula is C17H16N4O3. The molecule has 7 heteroatoms. The molecule has 1 aliphatic rings.